The minimum absolute atomic E-state index is 0.239. The number of carbonyl (C=O) groups excluding carboxylic acids is 1. The van der Waals surface area contributed by atoms with Crippen molar-refractivity contribution in [3.8, 4) is 0 Å². The number of aromatic nitrogens is 2. The number of hydrogen-bond donors (Lipinski definition) is 2. The summed E-state index contributed by atoms with van der Waals surface area (Å²) in [6.45, 7) is 0. The van der Waals surface area contributed by atoms with Gasteiger partial charge in [0, 0.05) is 6.20 Å². The Hall–Kier alpha value is -2.27. The Kier molecular flexibility index (Phi) is 4.58. The van der Waals surface area contributed by atoms with Crippen molar-refractivity contribution in [1.29, 1.82) is 0 Å². The third kappa shape index (κ3) is 4.15. The normalized spacial score (nSPS) is 11.8. The number of aryl methyl sites for hydroxylation is 1. The molecule has 0 radical (unpaired) electrons. The minimum atomic E-state index is -0.554. The van der Waals surface area contributed by atoms with Crippen molar-refractivity contribution in [2.24, 2.45) is 5.73 Å². The van der Waals surface area contributed by atoms with E-state index in [9.17, 15) is 4.79 Å². The molecule has 0 aliphatic carbocycles. The molecule has 0 spiro atoms. The number of nitrogens with one attached hydrogen (secondary N) is 1. The summed E-state index contributed by atoms with van der Waals surface area (Å²) in [6, 6.07) is 12.8. The second kappa shape index (κ2) is 6.61. The van der Waals surface area contributed by atoms with E-state index in [0.717, 1.165) is 6.42 Å². The van der Waals surface area contributed by atoms with Crippen LogP contribution in [0.4, 0.5) is 5.82 Å². The van der Waals surface area contributed by atoms with Gasteiger partial charge in [-0.25, -0.2) is 0 Å². The van der Waals surface area contributed by atoms with Crippen molar-refractivity contribution in [3.63, 3.8) is 0 Å². The predicted octanol–water partition coefficient (Wildman–Crippen LogP) is 1.38. The maximum absolute atomic E-state index is 11.8. The molecule has 2 rings (SSSR count). The van der Waals surface area contributed by atoms with Crippen LogP contribution in [0.2, 0.25) is 0 Å². The third-order valence-corrected chi connectivity index (χ3v) is 2.75. The SMILES string of the molecule is NC(CCc1ccccc1)C(=O)Nc1cccnn1. The highest BCUT2D eigenvalue weighted by Crippen LogP contribution is 2.06. The average Bonchev–Trinajstić information content (AvgIpc) is 2.47. The average molecular weight is 256 g/mol. The molecule has 2 aromatic rings. The molecule has 0 bridgehead atoms. The molecule has 1 atom stereocenters. The van der Waals surface area contributed by atoms with E-state index in [-0.39, 0.29) is 5.91 Å². The van der Waals surface area contributed by atoms with E-state index < -0.39 is 6.04 Å². The van der Waals surface area contributed by atoms with Gasteiger partial charge in [0.1, 0.15) is 0 Å². The zero-order valence-electron chi connectivity index (χ0n) is 10.5. The molecule has 1 heterocycles. The highest BCUT2D eigenvalue weighted by Gasteiger charge is 2.13. The lowest BCUT2D eigenvalue weighted by molar-refractivity contribution is -0.117. The molecule has 0 aliphatic heterocycles. The highest BCUT2D eigenvalue weighted by molar-refractivity contribution is 5.93. The van der Waals surface area contributed by atoms with Gasteiger partial charge < -0.3 is 11.1 Å². The van der Waals surface area contributed by atoms with E-state index in [4.69, 9.17) is 5.73 Å². The second-order valence-corrected chi connectivity index (χ2v) is 4.23. The molecule has 19 heavy (non-hydrogen) atoms. The first kappa shape index (κ1) is 13.2. The fraction of sp³-hybridized carbons (Fsp3) is 0.214. The zero-order valence-corrected chi connectivity index (χ0v) is 10.5. The molecular formula is C14H16N4O. The summed E-state index contributed by atoms with van der Waals surface area (Å²) in [5.74, 6) is 0.180. The largest absolute Gasteiger partial charge is 0.320 e. The summed E-state index contributed by atoms with van der Waals surface area (Å²) in [7, 11) is 0. The van der Waals surface area contributed by atoms with Crippen LogP contribution in [-0.4, -0.2) is 22.1 Å². The number of rotatable bonds is 5. The van der Waals surface area contributed by atoms with Crippen LogP contribution < -0.4 is 11.1 Å². The Morgan fingerprint density at radius 1 is 1.21 bits per heavy atom. The van der Waals surface area contributed by atoms with Gasteiger partial charge in [-0.2, -0.15) is 5.10 Å². The topological polar surface area (TPSA) is 80.9 Å². The van der Waals surface area contributed by atoms with Crippen molar-refractivity contribution in [2.45, 2.75) is 18.9 Å². The van der Waals surface area contributed by atoms with E-state index in [2.05, 4.69) is 15.5 Å². The molecular weight excluding hydrogens is 240 g/mol. The van der Waals surface area contributed by atoms with Gasteiger partial charge in [-0.05, 0) is 30.5 Å². The van der Waals surface area contributed by atoms with Gasteiger partial charge in [-0.1, -0.05) is 30.3 Å². The number of nitrogens with two attached hydrogens (primary N) is 1. The summed E-state index contributed by atoms with van der Waals surface area (Å²) < 4.78 is 0. The van der Waals surface area contributed by atoms with Crippen LogP contribution in [0.25, 0.3) is 0 Å². The van der Waals surface area contributed by atoms with Gasteiger partial charge >= 0.3 is 0 Å². The van der Waals surface area contributed by atoms with E-state index in [1.165, 1.54) is 5.56 Å². The number of amides is 1. The zero-order chi connectivity index (χ0) is 13.5. The van der Waals surface area contributed by atoms with Crippen LogP contribution in [0, 0.1) is 0 Å². The lowest BCUT2D eigenvalue weighted by Gasteiger charge is -2.11. The number of anilines is 1. The molecule has 1 unspecified atom stereocenters. The van der Waals surface area contributed by atoms with Crippen molar-refractivity contribution < 1.29 is 4.79 Å². The highest BCUT2D eigenvalue weighted by atomic mass is 16.2. The van der Waals surface area contributed by atoms with Crippen LogP contribution in [0.5, 0.6) is 0 Å². The molecule has 1 aromatic carbocycles. The van der Waals surface area contributed by atoms with Crippen molar-refractivity contribution in [2.75, 3.05) is 5.32 Å². The van der Waals surface area contributed by atoms with Crippen LogP contribution in [0.3, 0.4) is 0 Å². The van der Waals surface area contributed by atoms with Gasteiger partial charge in [0.15, 0.2) is 5.82 Å². The van der Waals surface area contributed by atoms with Crippen LogP contribution >= 0.6 is 0 Å². The fourth-order valence-corrected chi connectivity index (χ4v) is 1.69. The maximum atomic E-state index is 11.8. The van der Waals surface area contributed by atoms with Crippen LogP contribution in [0.1, 0.15) is 12.0 Å². The maximum Gasteiger partial charge on any atom is 0.242 e. The van der Waals surface area contributed by atoms with Crippen molar-refractivity contribution in [1.82, 2.24) is 10.2 Å². The molecule has 5 nitrogen and oxygen atoms in total. The standard InChI is InChI=1S/C14H16N4O/c15-12(9-8-11-5-2-1-3-6-11)14(19)17-13-7-4-10-16-18-13/h1-7,10,12H,8-9,15H2,(H,17,18,19). The summed E-state index contributed by atoms with van der Waals surface area (Å²) in [5.41, 5.74) is 7.02. The Morgan fingerprint density at radius 2 is 2.00 bits per heavy atom. The van der Waals surface area contributed by atoms with Gasteiger partial charge in [-0.3, -0.25) is 4.79 Å². The Bertz CT molecular complexity index is 515. The van der Waals surface area contributed by atoms with Crippen molar-refractivity contribution >= 4 is 11.7 Å². The first-order chi connectivity index (χ1) is 9.25. The molecule has 0 fully saturated rings. The van der Waals surface area contributed by atoms with Crippen LogP contribution in [-0.2, 0) is 11.2 Å². The van der Waals surface area contributed by atoms with E-state index in [1.54, 1.807) is 18.3 Å². The van der Waals surface area contributed by atoms with Gasteiger partial charge in [0.2, 0.25) is 5.91 Å². The summed E-state index contributed by atoms with van der Waals surface area (Å²) in [5, 5.41) is 10.1. The molecule has 5 heteroatoms. The monoisotopic (exact) mass is 256 g/mol. The second-order valence-electron chi connectivity index (χ2n) is 4.23. The van der Waals surface area contributed by atoms with Crippen LogP contribution in [0.15, 0.2) is 48.7 Å². The smallest absolute Gasteiger partial charge is 0.242 e. The molecule has 0 aliphatic rings. The van der Waals surface area contributed by atoms with E-state index >= 15 is 0 Å². The Labute approximate surface area is 111 Å². The molecule has 0 saturated heterocycles. The van der Waals surface area contributed by atoms with E-state index in [0.29, 0.717) is 12.2 Å². The summed E-state index contributed by atoms with van der Waals surface area (Å²) in [6.07, 6.45) is 2.91. The third-order valence-electron chi connectivity index (χ3n) is 2.75. The number of nitrogens with zero attached hydrogens (tertiary/aromatic N) is 2. The fourth-order valence-electron chi connectivity index (χ4n) is 1.69. The minimum Gasteiger partial charge on any atom is -0.320 e. The lowest BCUT2D eigenvalue weighted by atomic mass is 10.1. The molecule has 3 N–H and O–H groups in total. The van der Waals surface area contributed by atoms with Gasteiger partial charge in [0.05, 0.1) is 6.04 Å². The molecule has 1 amide bonds. The predicted molar refractivity (Wildman–Crippen MR) is 73.4 cm³/mol. The molecule has 1 aromatic heterocycles. The number of benzene rings is 1. The Balaban J connectivity index is 1.83. The molecule has 98 valence electrons. The summed E-state index contributed by atoms with van der Waals surface area (Å²) >= 11 is 0. The molecule has 0 saturated carbocycles. The number of hydrogen-bond acceptors (Lipinski definition) is 4. The van der Waals surface area contributed by atoms with Gasteiger partial charge in [-0.15, -0.1) is 5.10 Å². The van der Waals surface area contributed by atoms with Gasteiger partial charge in [0.25, 0.3) is 0 Å². The quantitative estimate of drug-likeness (QED) is 0.846. The van der Waals surface area contributed by atoms with E-state index in [1.807, 2.05) is 30.3 Å². The Morgan fingerprint density at radius 3 is 2.68 bits per heavy atom. The first-order valence-electron chi connectivity index (χ1n) is 6.14. The first-order valence-corrected chi connectivity index (χ1v) is 6.14. The lowest BCUT2D eigenvalue weighted by Crippen LogP contribution is -2.36. The summed E-state index contributed by atoms with van der Waals surface area (Å²) in [4.78, 5) is 11.8. The number of carbonyl (C=O) groups is 1. The van der Waals surface area contributed by atoms with Crippen molar-refractivity contribution in [3.05, 3.63) is 54.2 Å².